The van der Waals surface area contributed by atoms with Crippen LogP contribution in [0.4, 0.5) is 0 Å². The molecule has 0 bridgehead atoms. The number of carbonyl (C=O) groups excluding carboxylic acids is 1. The second-order valence-electron chi connectivity index (χ2n) is 6.78. The third-order valence-electron chi connectivity index (χ3n) is 4.94. The van der Waals surface area contributed by atoms with Gasteiger partial charge in [0, 0.05) is 18.7 Å². The van der Waals surface area contributed by atoms with E-state index in [1.807, 2.05) is 64.9 Å². The summed E-state index contributed by atoms with van der Waals surface area (Å²) < 4.78 is 5.40. The number of benzene rings is 2. The van der Waals surface area contributed by atoms with E-state index >= 15 is 0 Å². The molecule has 0 spiro atoms. The van der Waals surface area contributed by atoms with Crippen LogP contribution < -0.4 is 0 Å². The van der Waals surface area contributed by atoms with Gasteiger partial charge in [0.25, 0.3) is 5.91 Å². The number of amides is 1. The summed E-state index contributed by atoms with van der Waals surface area (Å²) in [4.78, 5) is 20.0. The molecule has 0 N–H and O–H groups in total. The number of carbonyl (C=O) groups is 1. The minimum Gasteiger partial charge on any atom is -0.339 e. The number of thiophene rings is 1. The Labute approximate surface area is 166 Å². The van der Waals surface area contributed by atoms with Crippen LogP contribution >= 0.6 is 11.3 Å². The van der Waals surface area contributed by atoms with E-state index in [4.69, 9.17) is 4.52 Å². The fourth-order valence-electron chi connectivity index (χ4n) is 3.33. The van der Waals surface area contributed by atoms with E-state index in [1.54, 1.807) is 11.3 Å². The summed E-state index contributed by atoms with van der Waals surface area (Å²) in [5, 5.41) is 6.03. The maximum Gasteiger partial charge on any atom is 0.253 e. The molecule has 1 saturated heterocycles. The largest absolute Gasteiger partial charge is 0.339 e. The van der Waals surface area contributed by atoms with Gasteiger partial charge in [0.05, 0.1) is 10.8 Å². The van der Waals surface area contributed by atoms with Crippen LogP contribution in [0.3, 0.4) is 0 Å². The van der Waals surface area contributed by atoms with Crippen molar-refractivity contribution in [1.82, 2.24) is 15.0 Å². The summed E-state index contributed by atoms with van der Waals surface area (Å²) in [5.74, 6) is 1.36. The molecular weight excluding hydrogens is 370 g/mol. The molecule has 3 heterocycles. The molecule has 138 valence electrons. The zero-order valence-electron chi connectivity index (χ0n) is 15.0. The molecule has 1 amide bonds. The van der Waals surface area contributed by atoms with Crippen molar-refractivity contribution in [3.05, 3.63) is 83.6 Å². The van der Waals surface area contributed by atoms with Crippen molar-refractivity contribution in [3.63, 3.8) is 0 Å². The lowest BCUT2D eigenvalue weighted by Gasteiger charge is -2.37. The standard InChI is InChI=1S/C22H17N3O2S/c26-22(17-10-8-16(9-11-17)15-5-2-1-3-6-15)25-13-18(14-25)21-23-20(24-27-21)19-7-4-12-28-19/h1-12,18H,13-14H2. The van der Waals surface area contributed by atoms with Crippen molar-refractivity contribution in [2.24, 2.45) is 0 Å². The predicted molar refractivity (Wildman–Crippen MR) is 108 cm³/mol. The van der Waals surface area contributed by atoms with Gasteiger partial charge in [-0.05, 0) is 34.7 Å². The van der Waals surface area contributed by atoms with Crippen LogP contribution in [0, 0.1) is 0 Å². The Morgan fingerprint density at radius 3 is 2.43 bits per heavy atom. The molecule has 28 heavy (non-hydrogen) atoms. The maximum absolute atomic E-state index is 12.7. The minimum atomic E-state index is 0.0360. The zero-order valence-corrected chi connectivity index (χ0v) is 15.8. The summed E-state index contributed by atoms with van der Waals surface area (Å²) in [5.41, 5.74) is 2.94. The molecule has 4 aromatic rings. The van der Waals surface area contributed by atoms with Crippen LogP contribution in [0.1, 0.15) is 22.2 Å². The third-order valence-corrected chi connectivity index (χ3v) is 5.81. The Morgan fingerprint density at radius 1 is 0.964 bits per heavy atom. The van der Waals surface area contributed by atoms with Gasteiger partial charge in [-0.15, -0.1) is 11.3 Å². The normalized spacial score (nSPS) is 14.1. The lowest BCUT2D eigenvalue weighted by Crippen LogP contribution is -2.48. The average Bonchev–Trinajstić information content (AvgIpc) is 3.40. The van der Waals surface area contributed by atoms with Crippen LogP contribution in [0.2, 0.25) is 0 Å². The lowest BCUT2D eigenvalue weighted by molar-refractivity contribution is 0.0569. The van der Waals surface area contributed by atoms with Gasteiger partial charge >= 0.3 is 0 Å². The molecule has 0 atom stereocenters. The summed E-state index contributed by atoms with van der Waals surface area (Å²) >= 11 is 1.58. The second-order valence-corrected chi connectivity index (χ2v) is 7.73. The number of rotatable bonds is 4. The van der Waals surface area contributed by atoms with Gasteiger partial charge in [-0.2, -0.15) is 4.98 Å². The van der Waals surface area contributed by atoms with Crippen LogP contribution in [0.15, 0.2) is 76.6 Å². The molecular formula is C22H17N3O2S. The van der Waals surface area contributed by atoms with Gasteiger partial charge in [0.15, 0.2) is 0 Å². The molecule has 6 heteroatoms. The Morgan fingerprint density at radius 2 is 1.71 bits per heavy atom. The Bertz CT molecular complexity index is 1080. The summed E-state index contributed by atoms with van der Waals surface area (Å²) in [6, 6.07) is 21.8. The molecule has 2 aromatic heterocycles. The summed E-state index contributed by atoms with van der Waals surface area (Å²) in [6.07, 6.45) is 0. The topological polar surface area (TPSA) is 59.2 Å². The van der Waals surface area contributed by atoms with Crippen molar-refractivity contribution >= 4 is 17.2 Å². The highest BCUT2D eigenvalue weighted by atomic mass is 32.1. The van der Waals surface area contributed by atoms with Crippen LogP contribution in [0.5, 0.6) is 0 Å². The zero-order chi connectivity index (χ0) is 18.9. The SMILES string of the molecule is O=C(c1ccc(-c2ccccc2)cc1)N1CC(c2nc(-c3cccs3)no2)C1. The van der Waals surface area contributed by atoms with Crippen molar-refractivity contribution in [2.45, 2.75) is 5.92 Å². The van der Waals surface area contributed by atoms with Crippen LogP contribution in [0.25, 0.3) is 21.8 Å². The van der Waals surface area contributed by atoms with Crippen molar-refractivity contribution in [3.8, 4) is 21.8 Å². The fourth-order valence-corrected chi connectivity index (χ4v) is 3.98. The second kappa shape index (κ2) is 7.05. The van der Waals surface area contributed by atoms with Gasteiger partial charge in [-0.3, -0.25) is 4.79 Å². The smallest absolute Gasteiger partial charge is 0.253 e. The molecule has 0 saturated carbocycles. The number of aromatic nitrogens is 2. The van der Waals surface area contributed by atoms with Crippen LogP contribution in [-0.2, 0) is 0 Å². The molecule has 5 rings (SSSR count). The van der Waals surface area contributed by atoms with Gasteiger partial charge in [0.1, 0.15) is 0 Å². The third kappa shape index (κ3) is 3.12. The van der Waals surface area contributed by atoms with E-state index in [9.17, 15) is 4.79 Å². The first-order valence-corrected chi connectivity index (χ1v) is 9.98. The molecule has 0 aliphatic carbocycles. The monoisotopic (exact) mass is 387 g/mol. The quantitative estimate of drug-likeness (QED) is 0.509. The fraction of sp³-hybridized carbons (Fsp3) is 0.136. The van der Waals surface area contributed by atoms with Gasteiger partial charge < -0.3 is 9.42 Å². The highest BCUT2D eigenvalue weighted by Gasteiger charge is 2.36. The van der Waals surface area contributed by atoms with Gasteiger partial charge in [0.2, 0.25) is 11.7 Å². The predicted octanol–water partition coefficient (Wildman–Crippen LogP) is 4.70. The van der Waals surface area contributed by atoms with Crippen LogP contribution in [-0.4, -0.2) is 34.0 Å². The molecule has 5 nitrogen and oxygen atoms in total. The molecule has 1 aliphatic rings. The van der Waals surface area contributed by atoms with Crippen molar-refractivity contribution in [1.29, 1.82) is 0 Å². The van der Waals surface area contributed by atoms with E-state index < -0.39 is 0 Å². The molecule has 1 aliphatic heterocycles. The van der Waals surface area contributed by atoms with E-state index in [-0.39, 0.29) is 11.8 Å². The highest BCUT2D eigenvalue weighted by Crippen LogP contribution is 2.30. The van der Waals surface area contributed by atoms with E-state index in [2.05, 4.69) is 22.3 Å². The number of nitrogens with zero attached hydrogens (tertiary/aromatic N) is 3. The van der Waals surface area contributed by atoms with E-state index in [0.29, 0.717) is 30.4 Å². The first-order chi connectivity index (χ1) is 13.8. The summed E-state index contributed by atoms with van der Waals surface area (Å²) in [7, 11) is 0. The molecule has 2 aromatic carbocycles. The van der Waals surface area contributed by atoms with Gasteiger partial charge in [-0.25, -0.2) is 0 Å². The Hall–Kier alpha value is -3.25. The first-order valence-electron chi connectivity index (χ1n) is 9.10. The number of likely N-dealkylation sites (tertiary alicyclic amines) is 1. The molecule has 1 fully saturated rings. The van der Waals surface area contributed by atoms with E-state index in [1.165, 1.54) is 0 Å². The average molecular weight is 387 g/mol. The van der Waals surface area contributed by atoms with E-state index in [0.717, 1.165) is 16.0 Å². The molecule has 0 radical (unpaired) electrons. The highest BCUT2D eigenvalue weighted by molar-refractivity contribution is 7.13. The van der Waals surface area contributed by atoms with Gasteiger partial charge in [-0.1, -0.05) is 53.7 Å². The lowest BCUT2D eigenvalue weighted by atomic mass is 9.98. The first kappa shape index (κ1) is 16.9. The maximum atomic E-state index is 12.7. The number of hydrogen-bond acceptors (Lipinski definition) is 5. The van der Waals surface area contributed by atoms with Crippen molar-refractivity contribution in [2.75, 3.05) is 13.1 Å². The minimum absolute atomic E-state index is 0.0360. The summed E-state index contributed by atoms with van der Waals surface area (Å²) in [6.45, 7) is 1.21. The Kier molecular flexibility index (Phi) is 4.25. The molecule has 0 unspecified atom stereocenters. The van der Waals surface area contributed by atoms with Crippen molar-refractivity contribution < 1.29 is 9.32 Å². The Balaban J connectivity index is 1.23. The number of hydrogen-bond donors (Lipinski definition) is 0.